The van der Waals surface area contributed by atoms with Crippen LogP contribution >= 0.6 is 12.4 Å². The van der Waals surface area contributed by atoms with E-state index in [9.17, 15) is 4.79 Å². The lowest BCUT2D eigenvalue weighted by Gasteiger charge is -2.33. The minimum absolute atomic E-state index is 0. The minimum atomic E-state index is 0. The van der Waals surface area contributed by atoms with Gasteiger partial charge in [-0.2, -0.15) is 0 Å². The van der Waals surface area contributed by atoms with Gasteiger partial charge in [-0.15, -0.1) is 12.4 Å². The van der Waals surface area contributed by atoms with Crippen LogP contribution in [0.25, 0.3) is 0 Å². The summed E-state index contributed by atoms with van der Waals surface area (Å²) in [7, 11) is 0. The third-order valence-electron chi connectivity index (χ3n) is 3.39. The molecule has 1 aliphatic carbocycles. The summed E-state index contributed by atoms with van der Waals surface area (Å²) in [6, 6.07) is 0.382. The number of halogens is 1. The fourth-order valence-corrected chi connectivity index (χ4v) is 2.41. The van der Waals surface area contributed by atoms with Crippen LogP contribution in [0.4, 0.5) is 0 Å². The van der Waals surface area contributed by atoms with Crippen molar-refractivity contribution in [3.63, 3.8) is 0 Å². The Morgan fingerprint density at radius 1 is 1.40 bits per heavy atom. The Balaban J connectivity index is 0.00000112. The molecular formula is C11H21ClN2O. The molecule has 2 aliphatic rings. The van der Waals surface area contributed by atoms with Crippen LogP contribution in [0.1, 0.15) is 32.6 Å². The molecule has 0 aromatic heterocycles. The SMILES string of the molecule is CC1CC(C(=O)N[C@@H]2CCCNC2)C1.Cl. The van der Waals surface area contributed by atoms with Crippen molar-refractivity contribution in [3.05, 3.63) is 0 Å². The maximum Gasteiger partial charge on any atom is 0.223 e. The van der Waals surface area contributed by atoms with Gasteiger partial charge in [0.05, 0.1) is 0 Å². The fraction of sp³-hybridized carbons (Fsp3) is 0.909. The molecule has 0 radical (unpaired) electrons. The summed E-state index contributed by atoms with van der Waals surface area (Å²) >= 11 is 0. The van der Waals surface area contributed by atoms with Crippen LogP contribution < -0.4 is 10.6 Å². The molecule has 0 spiro atoms. The van der Waals surface area contributed by atoms with E-state index < -0.39 is 0 Å². The maximum absolute atomic E-state index is 11.7. The Hall–Kier alpha value is -0.280. The van der Waals surface area contributed by atoms with Gasteiger partial charge >= 0.3 is 0 Å². The smallest absolute Gasteiger partial charge is 0.223 e. The van der Waals surface area contributed by atoms with E-state index in [1.807, 2.05) is 0 Å². The molecule has 2 fully saturated rings. The quantitative estimate of drug-likeness (QED) is 0.754. The van der Waals surface area contributed by atoms with Crippen molar-refractivity contribution in [2.24, 2.45) is 11.8 Å². The van der Waals surface area contributed by atoms with Crippen LogP contribution in [-0.2, 0) is 4.79 Å². The number of nitrogens with one attached hydrogen (secondary N) is 2. The summed E-state index contributed by atoms with van der Waals surface area (Å²) < 4.78 is 0. The molecule has 2 rings (SSSR count). The van der Waals surface area contributed by atoms with Crippen LogP contribution in [0.3, 0.4) is 0 Å². The lowest BCUT2D eigenvalue weighted by Crippen LogP contribution is -2.49. The predicted octanol–water partition coefficient (Wildman–Crippen LogP) is 1.32. The number of carbonyl (C=O) groups excluding carboxylic acids is 1. The van der Waals surface area contributed by atoms with Crippen molar-refractivity contribution in [3.8, 4) is 0 Å². The number of carbonyl (C=O) groups is 1. The summed E-state index contributed by atoms with van der Waals surface area (Å²) in [4.78, 5) is 11.7. The molecule has 88 valence electrons. The minimum Gasteiger partial charge on any atom is -0.352 e. The van der Waals surface area contributed by atoms with Crippen molar-refractivity contribution in [1.82, 2.24) is 10.6 Å². The van der Waals surface area contributed by atoms with Gasteiger partial charge in [0, 0.05) is 18.5 Å². The molecule has 1 aliphatic heterocycles. The fourth-order valence-electron chi connectivity index (χ4n) is 2.41. The van der Waals surface area contributed by atoms with Crippen molar-refractivity contribution in [2.45, 2.75) is 38.6 Å². The second-order valence-electron chi connectivity index (χ2n) is 4.83. The zero-order chi connectivity index (χ0) is 9.97. The summed E-state index contributed by atoms with van der Waals surface area (Å²) in [5, 5.41) is 6.45. The van der Waals surface area contributed by atoms with Gasteiger partial charge in [0.15, 0.2) is 0 Å². The van der Waals surface area contributed by atoms with Crippen molar-refractivity contribution in [1.29, 1.82) is 0 Å². The standard InChI is InChI=1S/C11H20N2O.ClH/c1-8-5-9(6-8)11(14)13-10-3-2-4-12-7-10;/h8-10,12H,2-7H2,1H3,(H,13,14);1H/t8?,9?,10-;/m1./s1. The Labute approximate surface area is 97.8 Å². The van der Waals surface area contributed by atoms with E-state index in [2.05, 4.69) is 17.6 Å². The van der Waals surface area contributed by atoms with Gasteiger partial charge in [0.25, 0.3) is 0 Å². The number of amides is 1. The Bertz CT molecular complexity index is 211. The summed E-state index contributed by atoms with van der Waals surface area (Å²) in [5.41, 5.74) is 0. The average Bonchev–Trinajstić information content (AvgIpc) is 2.14. The highest BCUT2D eigenvalue weighted by molar-refractivity contribution is 5.85. The Morgan fingerprint density at radius 2 is 2.13 bits per heavy atom. The summed E-state index contributed by atoms with van der Waals surface area (Å²) in [6.07, 6.45) is 4.50. The third-order valence-corrected chi connectivity index (χ3v) is 3.39. The summed E-state index contributed by atoms with van der Waals surface area (Å²) in [6.45, 7) is 4.27. The second kappa shape index (κ2) is 5.71. The molecule has 0 aromatic rings. The van der Waals surface area contributed by atoms with Gasteiger partial charge in [0.2, 0.25) is 5.91 Å². The molecule has 3 nitrogen and oxygen atoms in total. The van der Waals surface area contributed by atoms with Crippen molar-refractivity contribution < 1.29 is 4.79 Å². The average molecular weight is 233 g/mol. The first-order chi connectivity index (χ1) is 6.75. The molecule has 4 heteroatoms. The highest BCUT2D eigenvalue weighted by atomic mass is 35.5. The number of hydrogen-bond acceptors (Lipinski definition) is 2. The second-order valence-corrected chi connectivity index (χ2v) is 4.83. The highest BCUT2D eigenvalue weighted by Crippen LogP contribution is 2.33. The number of rotatable bonds is 2. The largest absolute Gasteiger partial charge is 0.352 e. The van der Waals surface area contributed by atoms with Gasteiger partial charge in [0.1, 0.15) is 0 Å². The van der Waals surface area contributed by atoms with Gasteiger partial charge in [-0.1, -0.05) is 6.92 Å². The Kier molecular flexibility index (Phi) is 4.87. The zero-order valence-corrected chi connectivity index (χ0v) is 10.1. The van der Waals surface area contributed by atoms with E-state index in [1.54, 1.807) is 0 Å². The third kappa shape index (κ3) is 3.35. The molecule has 1 atom stereocenters. The molecule has 1 amide bonds. The van der Waals surface area contributed by atoms with Crippen LogP contribution in [0.2, 0.25) is 0 Å². The van der Waals surface area contributed by atoms with E-state index in [0.717, 1.165) is 38.3 Å². The molecule has 0 aromatic carbocycles. The normalized spacial score (nSPS) is 34.9. The monoisotopic (exact) mass is 232 g/mol. The molecule has 2 N–H and O–H groups in total. The van der Waals surface area contributed by atoms with Crippen molar-refractivity contribution in [2.75, 3.05) is 13.1 Å². The number of piperidine rings is 1. The van der Waals surface area contributed by atoms with E-state index >= 15 is 0 Å². The van der Waals surface area contributed by atoms with E-state index in [0.29, 0.717) is 12.0 Å². The first-order valence-corrected chi connectivity index (χ1v) is 5.77. The maximum atomic E-state index is 11.7. The van der Waals surface area contributed by atoms with Crippen LogP contribution in [0.15, 0.2) is 0 Å². The first kappa shape index (κ1) is 12.8. The summed E-state index contributed by atoms with van der Waals surface area (Å²) in [5.74, 6) is 1.36. The van der Waals surface area contributed by atoms with E-state index in [1.165, 1.54) is 6.42 Å². The molecule has 0 bridgehead atoms. The molecule has 0 unspecified atom stereocenters. The molecular weight excluding hydrogens is 212 g/mol. The van der Waals surface area contributed by atoms with E-state index in [4.69, 9.17) is 0 Å². The molecule has 1 heterocycles. The van der Waals surface area contributed by atoms with Crippen LogP contribution in [0.5, 0.6) is 0 Å². The number of hydrogen-bond donors (Lipinski definition) is 2. The van der Waals surface area contributed by atoms with Gasteiger partial charge in [-0.05, 0) is 38.1 Å². The topological polar surface area (TPSA) is 41.1 Å². The van der Waals surface area contributed by atoms with Crippen LogP contribution in [0, 0.1) is 11.8 Å². The Morgan fingerprint density at radius 3 is 2.67 bits per heavy atom. The van der Waals surface area contributed by atoms with Crippen LogP contribution in [-0.4, -0.2) is 25.0 Å². The zero-order valence-electron chi connectivity index (χ0n) is 9.29. The predicted molar refractivity (Wildman–Crippen MR) is 63.2 cm³/mol. The van der Waals surface area contributed by atoms with Gasteiger partial charge in [-0.25, -0.2) is 0 Å². The van der Waals surface area contributed by atoms with Gasteiger partial charge < -0.3 is 10.6 Å². The lowest BCUT2D eigenvalue weighted by molar-refractivity contribution is -0.129. The molecule has 1 saturated carbocycles. The van der Waals surface area contributed by atoms with Crippen molar-refractivity contribution >= 4 is 18.3 Å². The lowest BCUT2D eigenvalue weighted by atomic mass is 9.75. The molecule has 1 saturated heterocycles. The van der Waals surface area contributed by atoms with Gasteiger partial charge in [-0.3, -0.25) is 4.79 Å². The first-order valence-electron chi connectivity index (χ1n) is 5.77. The molecule has 15 heavy (non-hydrogen) atoms. The highest BCUT2D eigenvalue weighted by Gasteiger charge is 2.32. The van der Waals surface area contributed by atoms with E-state index in [-0.39, 0.29) is 18.3 Å².